The number of aromatic nitrogens is 1. The summed E-state index contributed by atoms with van der Waals surface area (Å²) in [7, 11) is 0. The van der Waals surface area contributed by atoms with Crippen LogP contribution in [-0.4, -0.2) is 52.5 Å². The number of carbonyl (C=O) groups is 1. The van der Waals surface area contributed by atoms with Crippen molar-refractivity contribution in [1.29, 1.82) is 0 Å². The van der Waals surface area contributed by atoms with E-state index in [2.05, 4.69) is 5.16 Å². The van der Waals surface area contributed by atoms with Crippen LogP contribution >= 0.6 is 0 Å². The summed E-state index contributed by atoms with van der Waals surface area (Å²) in [5.74, 6) is -0.218. The van der Waals surface area contributed by atoms with Gasteiger partial charge >= 0.3 is 0 Å². The van der Waals surface area contributed by atoms with Crippen molar-refractivity contribution in [3.05, 3.63) is 17.5 Å². The van der Waals surface area contributed by atoms with Crippen LogP contribution in [0.2, 0.25) is 0 Å². The summed E-state index contributed by atoms with van der Waals surface area (Å²) in [5, 5.41) is 21.0. The molecule has 0 saturated heterocycles. The minimum Gasteiger partial charge on any atom is -0.395 e. The van der Waals surface area contributed by atoms with E-state index in [-0.39, 0.29) is 38.0 Å². The first-order valence-electron chi connectivity index (χ1n) is 4.63. The number of aliphatic hydroxyl groups is 2. The molecule has 0 radical (unpaired) electrons. The third-order valence-corrected chi connectivity index (χ3v) is 1.97. The van der Waals surface area contributed by atoms with Gasteiger partial charge in [-0.05, 0) is 6.92 Å². The molecule has 1 aromatic heterocycles. The number of aliphatic hydroxyl groups excluding tert-OH is 2. The maximum Gasteiger partial charge on any atom is 0.292 e. The Hall–Kier alpha value is -1.40. The fraction of sp³-hybridized carbons (Fsp3) is 0.556. The molecule has 1 aromatic rings. The van der Waals surface area contributed by atoms with Gasteiger partial charge in [-0.15, -0.1) is 0 Å². The van der Waals surface area contributed by atoms with Gasteiger partial charge in [0.25, 0.3) is 5.91 Å². The highest BCUT2D eigenvalue weighted by Crippen LogP contribution is 2.09. The molecule has 15 heavy (non-hydrogen) atoms. The van der Waals surface area contributed by atoms with E-state index in [1.54, 1.807) is 6.92 Å². The molecular weight excluding hydrogens is 200 g/mol. The molecule has 6 nitrogen and oxygen atoms in total. The van der Waals surface area contributed by atoms with Crippen LogP contribution in [0, 0.1) is 6.92 Å². The van der Waals surface area contributed by atoms with Gasteiger partial charge in [0.2, 0.25) is 5.76 Å². The summed E-state index contributed by atoms with van der Waals surface area (Å²) in [6.07, 6.45) is 1.45. The van der Waals surface area contributed by atoms with E-state index in [9.17, 15) is 4.79 Å². The monoisotopic (exact) mass is 214 g/mol. The topological polar surface area (TPSA) is 86.8 Å². The molecule has 1 rings (SSSR count). The van der Waals surface area contributed by atoms with E-state index < -0.39 is 0 Å². The zero-order chi connectivity index (χ0) is 11.3. The quantitative estimate of drug-likeness (QED) is 0.684. The van der Waals surface area contributed by atoms with Crippen molar-refractivity contribution < 1.29 is 19.5 Å². The third kappa shape index (κ3) is 2.77. The number of hydrogen-bond acceptors (Lipinski definition) is 5. The summed E-state index contributed by atoms with van der Waals surface area (Å²) >= 11 is 0. The SMILES string of the molecule is Cc1cnoc1C(=O)N(CCO)CCO. The molecule has 0 aromatic carbocycles. The van der Waals surface area contributed by atoms with Crippen molar-refractivity contribution in [3.8, 4) is 0 Å². The lowest BCUT2D eigenvalue weighted by Gasteiger charge is -2.18. The van der Waals surface area contributed by atoms with E-state index in [0.717, 1.165) is 0 Å². The molecule has 0 aliphatic carbocycles. The standard InChI is InChI=1S/C9H14N2O4/c1-7-6-10-15-8(7)9(14)11(2-4-12)3-5-13/h6,12-13H,2-5H2,1H3. The minimum atomic E-state index is -0.367. The van der Waals surface area contributed by atoms with Gasteiger partial charge in [-0.3, -0.25) is 4.79 Å². The van der Waals surface area contributed by atoms with Crippen molar-refractivity contribution in [1.82, 2.24) is 10.1 Å². The molecule has 0 aliphatic rings. The highest BCUT2D eigenvalue weighted by Gasteiger charge is 2.20. The van der Waals surface area contributed by atoms with Crippen LogP contribution in [0.3, 0.4) is 0 Å². The highest BCUT2D eigenvalue weighted by molar-refractivity contribution is 5.92. The largest absolute Gasteiger partial charge is 0.395 e. The van der Waals surface area contributed by atoms with Crippen LogP contribution in [0.25, 0.3) is 0 Å². The predicted molar refractivity (Wildman–Crippen MR) is 51.3 cm³/mol. The fourth-order valence-electron chi connectivity index (χ4n) is 1.20. The molecule has 0 saturated carbocycles. The first-order chi connectivity index (χ1) is 7.20. The molecule has 1 amide bonds. The summed E-state index contributed by atoms with van der Waals surface area (Å²) < 4.78 is 4.80. The van der Waals surface area contributed by atoms with Crippen molar-refractivity contribution >= 4 is 5.91 Å². The minimum absolute atomic E-state index is 0.150. The lowest BCUT2D eigenvalue weighted by molar-refractivity contribution is 0.0643. The first kappa shape index (κ1) is 11.7. The van der Waals surface area contributed by atoms with Gasteiger partial charge in [0, 0.05) is 18.7 Å². The van der Waals surface area contributed by atoms with E-state index in [4.69, 9.17) is 14.7 Å². The Balaban J connectivity index is 2.76. The molecule has 2 N–H and O–H groups in total. The van der Waals surface area contributed by atoms with Crippen molar-refractivity contribution in [2.75, 3.05) is 26.3 Å². The maximum absolute atomic E-state index is 11.8. The molecular formula is C9H14N2O4. The summed E-state index contributed by atoms with van der Waals surface area (Å²) in [6, 6.07) is 0. The van der Waals surface area contributed by atoms with E-state index >= 15 is 0 Å². The Morgan fingerprint density at radius 1 is 1.47 bits per heavy atom. The number of carbonyl (C=O) groups excluding carboxylic acids is 1. The Morgan fingerprint density at radius 2 is 2.07 bits per heavy atom. The number of rotatable bonds is 5. The molecule has 0 aliphatic heterocycles. The van der Waals surface area contributed by atoms with Crippen molar-refractivity contribution in [2.24, 2.45) is 0 Å². The Bertz CT molecular complexity index is 318. The molecule has 0 spiro atoms. The number of hydrogen-bond donors (Lipinski definition) is 2. The van der Waals surface area contributed by atoms with Gasteiger partial charge in [-0.1, -0.05) is 5.16 Å². The normalized spacial score (nSPS) is 10.3. The van der Waals surface area contributed by atoms with E-state index in [1.807, 2.05) is 0 Å². The second-order valence-electron chi connectivity index (χ2n) is 3.08. The number of aryl methyl sites for hydroxylation is 1. The molecule has 84 valence electrons. The van der Waals surface area contributed by atoms with Crippen molar-refractivity contribution in [2.45, 2.75) is 6.92 Å². The van der Waals surface area contributed by atoms with Gasteiger partial charge in [0.05, 0.1) is 19.4 Å². The zero-order valence-electron chi connectivity index (χ0n) is 8.51. The Morgan fingerprint density at radius 3 is 2.47 bits per heavy atom. The van der Waals surface area contributed by atoms with Gasteiger partial charge in [0.1, 0.15) is 0 Å². The summed E-state index contributed by atoms with van der Waals surface area (Å²) in [6.45, 7) is 1.73. The van der Waals surface area contributed by atoms with Crippen LogP contribution < -0.4 is 0 Å². The maximum atomic E-state index is 11.8. The summed E-state index contributed by atoms with van der Waals surface area (Å²) in [5.41, 5.74) is 0.640. The highest BCUT2D eigenvalue weighted by atomic mass is 16.5. The Labute approximate surface area is 87.1 Å². The van der Waals surface area contributed by atoms with Crippen LogP contribution in [-0.2, 0) is 0 Å². The van der Waals surface area contributed by atoms with Gasteiger partial charge in [-0.2, -0.15) is 0 Å². The van der Waals surface area contributed by atoms with Crippen LogP contribution in [0.1, 0.15) is 16.1 Å². The molecule has 0 atom stereocenters. The van der Waals surface area contributed by atoms with Crippen LogP contribution in [0.5, 0.6) is 0 Å². The van der Waals surface area contributed by atoms with E-state index in [0.29, 0.717) is 5.56 Å². The van der Waals surface area contributed by atoms with Crippen LogP contribution in [0.15, 0.2) is 10.7 Å². The van der Waals surface area contributed by atoms with Gasteiger partial charge in [-0.25, -0.2) is 0 Å². The lowest BCUT2D eigenvalue weighted by Crippen LogP contribution is -2.35. The van der Waals surface area contributed by atoms with Gasteiger partial charge in [0.15, 0.2) is 0 Å². The smallest absolute Gasteiger partial charge is 0.292 e. The Kier molecular flexibility index (Phi) is 4.26. The lowest BCUT2D eigenvalue weighted by atomic mass is 10.2. The first-order valence-corrected chi connectivity index (χ1v) is 4.63. The third-order valence-electron chi connectivity index (χ3n) is 1.97. The van der Waals surface area contributed by atoms with Crippen molar-refractivity contribution in [3.63, 3.8) is 0 Å². The fourth-order valence-corrected chi connectivity index (χ4v) is 1.20. The second kappa shape index (κ2) is 5.47. The second-order valence-corrected chi connectivity index (χ2v) is 3.08. The predicted octanol–water partition coefficient (Wildman–Crippen LogP) is -0.590. The molecule has 1 heterocycles. The number of amides is 1. The molecule has 0 unspecified atom stereocenters. The average Bonchev–Trinajstić information content (AvgIpc) is 2.63. The molecule has 0 bridgehead atoms. The molecule has 6 heteroatoms. The zero-order valence-corrected chi connectivity index (χ0v) is 8.51. The summed E-state index contributed by atoms with van der Waals surface area (Å²) in [4.78, 5) is 13.1. The molecule has 0 fully saturated rings. The number of nitrogens with zero attached hydrogens (tertiary/aromatic N) is 2. The van der Waals surface area contributed by atoms with Crippen LogP contribution in [0.4, 0.5) is 0 Å². The van der Waals surface area contributed by atoms with Gasteiger partial charge < -0.3 is 19.6 Å². The van der Waals surface area contributed by atoms with E-state index in [1.165, 1.54) is 11.1 Å². The average molecular weight is 214 g/mol.